The Morgan fingerprint density at radius 2 is 2.00 bits per heavy atom. The van der Waals surface area contributed by atoms with Gasteiger partial charge >= 0.3 is 0 Å². The van der Waals surface area contributed by atoms with Gasteiger partial charge in [0.1, 0.15) is 0 Å². The molecule has 0 aliphatic rings. The van der Waals surface area contributed by atoms with Crippen molar-refractivity contribution >= 4 is 22.8 Å². The van der Waals surface area contributed by atoms with Crippen molar-refractivity contribution in [2.24, 2.45) is 0 Å². The Bertz CT molecular complexity index is 223. The van der Waals surface area contributed by atoms with E-state index in [4.69, 9.17) is 0 Å². The van der Waals surface area contributed by atoms with Gasteiger partial charge in [-0.15, -0.1) is 6.58 Å². The highest BCUT2D eigenvalue weighted by Crippen LogP contribution is 1.82. The molecule has 0 saturated heterocycles. The van der Waals surface area contributed by atoms with Crippen molar-refractivity contribution in [2.75, 3.05) is 0 Å². The molecule has 1 unspecified atom stereocenters. The van der Waals surface area contributed by atoms with E-state index in [2.05, 4.69) is 18.7 Å². The van der Waals surface area contributed by atoms with Gasteiger partial charge in [0.05, 0.1) is 9.04 Å². The molecule has 0 fully saturated rings. The molecule has 1 rings (SSSR count). The van der Waals surface area contributed by atoms with E-state index in [-0.39, 0.29) is 0 Å². The molecule has 0 aliphatic carbocycles. The van der Waals surface area contributed by atoms with Crippen molar-refractivity contribution in [2.45, 2.75) is 0 Å². The lowest BCUT2D eigenvalue weighted by molar-refractivity contribution is 0.605. The first-order chi connectivity index (χ1) is 5.33. The molecule has 0 bridgehead atoms. The molecule has 0 saturated carbocycles. The second-order valence-corrected chi connectivity index (χ2v) is 9.06. The van der Waals surface area contributed by atoms with Gasteiger partial charge in [-0.3, -0.25) is 0 Å². The summed E-state index contributed by atoms with van der Waals surface area (Å²) >= 11 is 0. The zero-order chi connectivity index (χ0) is 8.10. The largest absolute Gasteiger partial charge is 0.434 e. The molecule has 0 radical (unpaired) electrons. The van der Waals surface area contributed by atoms with Crippen LogP contribution in [0.4, 0.5) is 0 Å². The van der Waals surface area contributed by atoms with Crippen LogP contribution in [0.15, 0.2) is 42.6 Å². The number of hydrogen-bond acceptors (Lipinski definition) is 1. The Morgan fingerprint density at radius 3 is 2.55 bits per heavy atom. The molecule has 0 aliphatic heterocycles. The Kier molecular flexibility index (Phi) is 3.29. The molecule has 11 heavy (non-hydrogen) atoms. The smallest absolute Gasteiger partial charge is 0.181 e. The van der Waals surface area contributed by atoms with Crippen molar-refractivity contribution in [3.63, 3.8) is 0 Å². The van der Waals surface area contributed by atoms with Crippen LogP contribution >= 0.6 is 0 Å². The lowest BCUT2D eigenvalue weighted by Gasteiger charge is -2.00. The standard InChI is InChI=1S/C8H12OSi2/c1-2-11(9)10-8-6-4-3-5-7-8/h2-7,9,11H,1,10H2. The third-order valence-electron chi connectivity index (χ3n) is 1.56. The molecule has 0 amide bonds. The zero-order valence-electron chi connectivity index (χ0n) is 6.40. The van der Waals surface area contributed by atoms with Crippen LogP contribution in [0.25, 0.3) is 0 Å². The van der Waals surface area contributed by atoms with Gasteiger partial charge in [0.2, 0.25) is 0 Å². The van der Waals surface area contributed by atoms with E-state index in [1.807, 2.05) is 18.2 Å². The maximum Gasteiger partial charge on any atom is 0.181 e. The Morgan fingerprint density at radius 1 is 1.36 bits per heavy atom. The summed E-state index contributed by atoms with van der Waals surface area (Å²) in [5.41, 5.74) is 1.75. The predicted molar refractivity (Wildman–Crippen MR) is 54.2 cm³/mol. The molecular formula is C8H12OSi2. The van der Waals surface area contributed by atoms with Gasteiger partial charge in [-0.2, -0.15) is 0 Å². The Labute approximate surface area is 70.7 Å². The molecule has 0 heterocycles. The van der Waals surface area contributed by atoms with Crippen LogP contribution in [0.2, 0.25) is 0 Å². The highest BCUT2D eigenvalue weighted by molar-refractivity contribution is 7.16. The average Bonchev–Trinajstić information content (AvgIpc) is 2.06. The minimum Gasteiger partial charge on any atom is -0.434 e. The van der Waals surface area contributed by atoms with E-state index in [0.717, 1.165) is 0 Å². The molecule has 0 spiro atoms. The summed E-state index contributed by atoms with van der Waals surface area (Å²) in [4.78, 5) is 9.39. The second-order valence-electron chi connectivity index (χ2n) is 2.49. The lowest BCUT2D eigenvalue weighted by Crippen LogP contribution is -2.30. The fourth-order valence-electron chi connectivity index (χ4n) is 0.939. The number of hydrogen-bond donors (Lipinski definition) is 1. The fourth-order valence-corrected chi connectivity index (χ4v) is 4.90. The fraction of sp³-hybridized carbons (Fsp3) is 0. The summed E-state index contributed by atoms with van der Waals surface area (Å²) in [5.74, 6) is 0. The summed E-state index contributed by atoms with van der Waals surface area (Å²) in [6.07, 6.45) is 0. The van der Waals surface area contributed by atoms with Gasteiger partial charge in [0, 0.05) is 0 Å². The topological polar surface area (TPSA) is 20.2 Å². The van der Waals surface area contributed by atoms with Crippen LogP contribution in [0.5, 0.6) is 0 Å². The molecule has 58 valence electrons. The van der Waals surface area contributed by atoms with Crippen molar-refractivity contribution in [3.8, 4) is 0 Å². The highest BCUT2D eigenvalue weighted by Gasteiger charge is 2.02. The quantitative estimate of drug-likeness (QED) is 0.617. The maximum atomic E-state index is 9.39. The maximum absolute atomic E-state index is 9.39. The van der Waals surface area contributed by atoms with Gasteiger partial charge in [0.15, 0.2) is 8.56 Å². The van der Waals surface area contributed by atoms with Gasteiger partial charge in [-0.05, 0) is 0 Å². The predicted octanol–water partition coefficient (Wildman–Crippen LogP) is -0.581. The monoisotopic (exact) mass is 180 g/mol. The van der Waals surface area contributed by atoms with Crippen LogP contribution in [-0.2, 0) is 0 Å². The normalized spacial score (nSPS) is 13.5. The summed E-state index contributed by atoms with van der Waals surface area (Å²) in [6.45, 7) is 3.60. The van der Waals surface area contributed by atoms with E-state index in [0.29, 0.717) is 0 Å². The molecule has 1 aromatic carbocycles. The Hall–Kier alpha value is -0.646. The third kappa shape index (κ3) is 2.84. The van der Waals surface area contributed by atoms with E-state index >= 15 is 0 Å². The van der Waals surface area contributed by atoms with Crippen molar-refractivity contribution in [1.29, 1.82) is 0 Å². The van der Waals surface area contributed by atoms with Crippen LogP contribution in [0.3, 0.4) is 0 Å². The summed E-state index contributed by atoms with van der Waals surface area (Å²) in [6, 6.07) is 10.2. The lowest BCUT2D eigenvalue weighted by atomic mass is 10.4. The van der Waals surface area contributed by atoms with Gasteiger partial charge in [-0.25, -0.2) is 0 Å². The summed E-state index contributed by atoms with van der Waals surface area (Å²) in [7, 11) is -1.92. The second kappa shape index (κ2) is 4.28. The molecule has 1 nitrogen and oxygen atoms in total. The Balaban J connectivity index is 2.57. The van der Waals surface area contributed by atoms with Crippen LogP contribution in [-0.4, -0.2) is 22.4 Å². The van der Waals surface area contributed by atoms with Gasteiger partial charge in [0.25, 0.3) is 0 Å². The molecule has 0 aromatic heterocycles. The highest BCUT2D eigenvalue weighted by atomic mass is 29.2. The third-order valence-corrected chi connectivity index (χ3v) is 7.13. The van der Waals surface area contributed by atoms with E-state index in [1.165, 1.54) is 5.19 Å². The van der Waals surface area contributed by atoms with E-state index in [9.17, 15) is 4.80 Å². The number of benzene rings is 1. The molecule has 1 aromatic rings. The first-order valence-corrected chi connectivity index (χ1v) is 8.83. The summed E-state index contributed by atoms with van der Waals surface area (Å²) in [5, 5.41) is 1.34. The minimum atomic E-state index is -1.51. The first kappa shape index (κ1) is 8.45. The van der Waals surface area contributed by atoms with E-state index in [1.54, 1.807) is 5.70 Å². The van der Waals surface area contributed by atoms with Crippen LogP contribution in [0, 0.1) is 0 Å². The molecule has 3 heteroatoms. The number of rotatable bonds is 3. The molecular weight excluding hydrogens is 168 g/mol. The van der Waals surface area contributed by atoms with Gasteiger partial charge in [-0.1, -0.05) is 41.2 Å². The minimum absolute atomic E-state index is 0.411. The van der Waals surface area contributed by atoms with Gasteiger partial charge < -0.3 is 4.80 Å². The van der Waals surface area contributed by atoms with Crippen LogP contribution in [0.1, 0.15) is 0 Å². The molecule has 1 atom stereocenters. The molecule has 1 N–H and O–H groups in total. The van der Waals surface area contributed by atoms with Crippen molar-refractivity contribution in [3.05, 3.63) is 42.6 Å². The van der Waals surface area contributed by atoms with E-state index < -0.39 is 17.6 Å². The summed E-state index contributed by atoms with van der Waals surface area (Å²) < 4.78 is 0. The SMILES string of the molecule is C=C[SiH](O)[SiH2]c1ccccc1. The van der Waals surface area contributed by atoms with Crippen molar-refractivity contribution < 1.29 is 4.80 Å². The zero-order valence-corrected chi connectivity index (χ0v) is 8.97. The average molecular weight is 180 g/mol. The van der Waals surface area contributed by atoms with Crippen LogP contribution < -0.4 is 5.19 Å². The first-order valence-electron chi connectivity index (χ1n) is 3.67. The van der Waals surface area contributed by atoms with Crippen molar-refractivity contribution in [1.82, 2.24) is 0 Å².